The highest BCUT2D eigenvalue weighted by molar-refractivity contribution is 5.69. The van der Waals surface area contributed by atoms with Gasteiger partial charge in [-0.15, -0.1) is 13.2 Å². The lowest BCUT2D eigenvalue weighted by Gasteiger charge is -2.11. The summed E-state index contributed by atoms with van der Waals surface area (Å²) < 4.78 is 46.6. The number of hydrogen-bond donors (Lipinski definition) is 0. The van der Waals surface area contributed by atoms with E-state index in [1.807, 2.05) is 0 Å². The van der Waals surface area contributed by atoms with Crippen molar-refractivity contribution in [2.75, 3.05) is 7.11 Å². The highest BCUT2D eigenvalue weighted by Crippen LogP contribution is 2.23. The van der Waals surface area contributed by atoms with Crippen LogP contribution in [0.4, 0.5) is 13.2 Å². The Kier molecular flexibility index (Phi) is 5.84. The number of hydrogen-bond acceptors (Lipinski definition) is 4. The van der Waals surface area contributed by atoms with Crippen molar-refractivity contribution >= 4 is 5.97 Å². The second kappa shape index (κ2) is 7.87. The predicted octanol–water partition coefficient (Wildman–Crippen LogP) is 2.90. The third-order valence-electron chi connectivity index (χ3n) is 3.41. The number of aromatic nitrogens is 1. The third kappa shape index (κ3) is 5.66. The van der Waals surface area contributed by atoms with Crippen molar-refractivity contribution in [3.63, 3.8) is 0 Å². The molecule has 0 saturated carbocycles. The van der Waals surface area contributed by atoms with Gasteiger partial charge in [-0.05, 0) is 30.2 Å². The number of rotatable bonds is 6. The quantitative estimate of drug-likeness (QED) is 0.748. The van der Waals surface area contributed by atoms with E-state index < -0.39 is 12.3 Å². The maximum Gasteiger partial charge on any atom is 0.573 e. The van der Waals surface area contributed by atoms with Crippen LogP contribution in [0, 0.1) is 0 Å². The van der Waals surface area contributed by atoms with E-state index in [1.165, 1.54) is 36.1 Å². The lowest BCUT2D eigenvalue weighted by molar-refractivity contribution is -0.274. The summed E-state index contributed by atoms with van der Waals surface area (Å²) in [5, 5.41) is 0. The van der Waals surface area contributed by atoms with Gasteiger partial charge in [-0.3, -0.25) is 9.59 Å². The lowest BCUT2D eigenvalue weighted by atomic mass is 10.1. The molecule has 0 saturated heterocycles. The van der Waals surface area contributed by atoms with Crippen molar-refractivity contribution in [1.82, 2.24) is 4.57 Å². The van der Waals surface area contributed by atoms with Gasteiger partial charge in [-0.25, -0.2) is 0 Å². The van der Waals surface area contributed by atoms with Gasteiger partial charge < -0.3 is 14.0 Å². The van der Waals surface area contributed by atoms with E-state index in [-0.39, 0.29) is 30.7 Å². The maximum absolute atomic E-state index is 12.4. The third-order valence-corrected chi connectivity index (χ3v) is 3.41. The first-order valence-corrected chi connectivity index (χ1v) is 7.38. The highest BCUT2D eigenvalue weighted by atomic mass is 19.4. The van der Waals surface area contributed by atoms with Crippen LogP contribution in [0.1, 0.15) is 17.5 Å². The first kappa shape index (κ1) is 18.6. The van der Waals surface area contributed by atoms with E-state index in [0.29, 0.717) is 11.1 Å². The zero-order valence-electron chi connectivity index (χ0n) is 13.4. The fourth-order valence-corrected chi connectivity index (χ4v) is 2.28. The van der Waals surface area contributed by atoms with Gasteiger partial charge in [0, 0.05) is 18.2 Å². The summed E-state index contributed by atoms with van der Waals surface area (Å²) in [5.41, 5.74) is 0.595. The minimum absolute atomic E-state index is 0.0741. The van der Waals surface area contributed by atoms with Crippen LogP contribution >= 0.6 is 0 Å². The molecule has 25 heavy (non-hydrogen) atoms. The molecular formula is C17H16F3NO4. The minimum atomic E-state index is -4.77. The molecule has 1 heterocycles. The molecule has 5 nitrogen and oxygen atoms in total. The number of aryl methyl sites for hydroxylation is 1. The molecule has 0 aliphatic heterocycles. The van der Waals surface area contributed by atoms with Crippen LogP contribution in [0.2, 0.25) is 0 Å². The zero-order valence-corrected chi connectivity index (χ0v) is 13.4. The van der Waals surface area contributed by atoms with E-state index in [9.17, 15) is 22.8 Å². The van der Waals surface area contributed by atoms with E-state index in [4.69, 9.17) is 0 Å². The second-order valence-corrected chi connectivity index (χ2v) is 5.24. The molecule has 1 aromatic carbocycles. The second-order valence-electron chi connectivity index (χ2n) is 5.24. The summed E-state index contributed by atoms with van der Waals surface area (Å²) >= 11 is 0. The van der Waals surface area contributed by atoms with Gasteiger partial charge in [-0.1, -0.05) is 18.2 Å². The lowest BCUT2D eigenvalue weighted by Crippen LogP contribution is -2.24. The normalized spacial score (nSPS) is 11.2. The Bertz CT molecular complexity index is 799. The smallest absolute Gasteiger partial charge is 0.469 e. The number of pyridine rings is 1. The molecule has 0 aliphatic rings. The number of esters is 1. The molecule has 0 N–H and O–H groups in total. The molecule has 0 bridgehead atoms. The summed E-state index contributed by atoms with van der Waals surface area (Å²) in [6.07, 6.45) is -2.95. The number of carbonyl (C=O) groups excluding carboxylic acids is 1. The fraction of sp³-hybridized carbons (Fsp3) is 0.294. The summed E-state index contributed by atoms with van der Waals surface area (Å²) in [6, 6.07) is 8.67. The number of alkyl halides is 3. The molecule has 0 unspecified atom stereocenters. The molecular weight excluding hydrogens is 339 g/mol. The molecule has 0 atom stereocenters. The van der Waals surface area contributed by atoms with Crippen LogP contribution in [-0.4, -0.2) is 24.0 Å². The van der Waals surface area contributed by atoms with Gasteiger partial charge in [0.2, 0.25) is 0 Å². The summed E-state index contributed by atoms with van der Waals surface area (Å²) in [4.78, 5) is 23.6. The summed E-state index contributed by atoms with van der Waals surface area (Å²) in [7, 11) is 1.27. The molecule has 0 radical (unpaired) electrons. The zero-order chi connectivity index (χ0) is 18.4. The number of benzene rings is 1. The van der Waals surface area contributed by atoms with Crippen molar-refractivity contribution in [2.24, 2.45) is 0 Å². The van der Waals surface area contributed by atoms with Crippen molar-refractivity contribution in [1.29, 1.82) is 0 Å². The van der Waals surface area contributed by atoms with Crippen LogP contribution in [0.15, 0.2) is 47.4 Å². The number of methoxy groups -OCH3 is 1. The molecule has 0 amide bonds. The minimum Gasteiger partial charge on any atom is -0.469 e. The topological polar surface area (TPSA) is 57.5 Å². The Labute approximate surface area is 141 Å². The average molecular weight is 355 g/mol. The Morgan fingerprint density at radius 1 is 1.20 bits per heavy atom. The van der Waals surface area contributed by atoms with Gasteiger partial charge in [0.05, 0.1) is 13.7 Å². The SMILES string of the molecule is COC(=O)CCc1cccn(Cc2cccc(OC(F)(F)F)c2)c1=O. The maximum atomic E-state index is 12.4. The molecule has 0 fully saturated rings. The molecule has 1 aromatic heterocycles. The van der Waals surface area contributed by atoms with Gasteiger partial charge in [-0.2, -0.15) is 0 Å². The molecule has 134 valence electrons. The van der Waals surface area contributed by atoms with Crippen LogP contribution < -0.4 is 10.3 Å². The van der Waals surface area contributed by atoms with Gasteiger partial charge in [0.25, 0.3) is 5.56 Å². The van der Waals surface area contributed by atoms with Gasteiger partial charge >= 0.3 is 12.3 Å². The molecule has 0 aliphatic carbocycles. The molecule has 0 spiro atoms. The molecule has 2 aromatic rings. The van der Waals surface area contributed by atoms with Crippen LogP contribution in [0.5, 0.6) is 5.75 Å². The van der Waals surface area contributed by atoms with E-state index in [0.717, 1.165) is 0 Å². The summed E-state index contributed by atoms with van der Waals surface area (Å²) in [5.74, 6) is -0.772. The predicted molar refractivity (Wildman–Crippen MR) is 83.3 cm³/mol. The van der Waals surface area contributed by atoms with E-state index in [2.05, 4.69) is 9.47 Å². The van der Waals surface area contributed by atoms with Crippen LogP contribution in [-0.2, 0) is 22.5 Å². The first-order valence-electron chi connectivity index (χ1n) is 7.38. The van der Waals surface area contributed by atoms with E-state index in [1.54, 1.807) is 18.2 Å². The largest absolute Gasteiger partial charge is 0.573 e. The fourth-order valence-electron chi connectivity index (χ4n) is 2.28. The van der Waals surface area contributed by atoms with Crippen LogP contribution in [0.3, 0.4) is 0 Å². The Balaban J connectivity index is 2.16. The Morgan fingerprint density at radius 3 is 2.64 bits per heavy atom. The van der Waals surface area contributed by atoms with Gasteiger partial charge in [0.1, 0.15) is 5.75 Å². The average Bonchev–Trinajstić information content (AvgIpc) is 2.54. The number of halogens is 3. The van der Waals surface area contributed by atoms with Crippen LogP contribution in [0.25, 0.3) is 0 Å². The van der Waals surface area contributed by atoms with Crippen molar-refractivity contribution in [3.05, 3.63) is 64.1 Å². The number of carbonyl (C=O) groups is 1. The number of nitrogens with zero attached hydrogens (tertiary/aromatic N) is 1. The molecule has 8 heteroatoms. The standard InChI is InChI=1S/C17H16F3NO4/c1-24-15(22)8-7-13-5-3-9-21(16(13)23)11-12-4-2-6-14(10-12)25-17(18,19)20/h2-6,9-10H,7-8,11H2,1H3. The van der Waals surface area contributed by atoms with E-state index >= 15 is 0 Å². The monoisotopic (exact) mass is 355 g/mol. The van der Waals surface area contributed by atoms with Crippen molar-refractivity contribution in [3.8, 4) is 5.75 Å². The Morgan fingerprint density at radius 2 is 1.96 bits per heavy atom. The highest BCUT2D eigenvalue weighted by Gasteiger charge is 2.31. The van der Waals surface area contributed by atoms with Gasteiger partial charge in [0.15, 0.2) is 0 Å². The number of ether oxygens (including phenoxy) is 2. The Hall–Kier alpha value is -2.77. The molecule has 2 rings (SSSR count). The first-order chi connectivity index (χ1) is 11.8. The summed E-state index contributed by atoms with van der Waals surface area (Å²) in [6.45, 7) is 0.0833. The van der Waals surface area contributed by atoms with Crippen molar-refractivity contribution in [2.45, 2.75) is 25.7 Å². The van der Waals surface area contributed by atoms with Crippen molar-refractivity contribution < 1.29 is 27.4 Å².